The van der Waals surface area contributed by atoms with Gasteiger partial charge in [0.1, 0.15) is 5.60 Å². The van der Waals surface area contributed by atoms with Crippen LogP contribution in [0.4, 0.5) is 4.79 Å². The van der Waals surface area contributed by atoms with Gasteiger partial charge in [0.2, 0.25) is 0 Å². The molecule has 0 radical (unpaired) electrons. The van der Waals surface area contributed by atoms with Crippen LogP contribution >= 0.6 is 0 Å². The largest absolute Gasteiger partial charge is 0.444 e. The zero-order valence-corrected chi connectivity index (χ0v) is 15.4. The molecule has 1 N–H and O–H groups in total. The van der Waals surface area contributed by atoms with Gasteiger partial charge in [0.15, 0.2) is 6.10 Å². The molecule has 26 heavy (non-hydrogen) atoms. The summed E-state index contributed by atoms with van der Waals surface area (Å²) in [6, 6.07) is 18.5. The zero-order chi connectivity index (χ0) is 18.6. The predicted octanol–water partition coefficient (Wildman–Crippen LogP) is 4.37. The van der Waals surface area contributed by atoms with Gasteiger partial charge in [-0.15, -0.1) is 0 Å². The summed E-state index contributed by atoms with van der Waals surface area (Å²) in [5.41, 5.74) is 3.76. The number of amides is 1. The van der Waals surface area contributed by atoms with E-state index in [0.717, 1.165) is 16.8 Å². The van der Waals surface area contributed by atoms with Gasteiger partial charge in [-0.25, -0.2) is 4.79 Å². The van der Waals surface area contributed by atoms with Crippen molar-refractivity contribution in [2.24, 2.45) is 5.16 Å². The van der Waals surface area contributed by atoms with E-state index >= 15 is 0 Å². The molecule has 0 aromatic heterocycles. The Balaban J connectivity index is 1.53. The molecule has 0 saturated heterocycles. The number of nitrogens with one attached hydrogen (secondary N) is 1. The molecule has 0 spiro atoms. The first kappa shape index (κ1) is 18.0. The number of oxime groups is 1. The minimum absolute atomic E-state index is 0.175. The summed E-state index contributed by atoms with van der Waals surface area (Å²) in [6.07, 6.45) is 0.0357. The van der Waals surface area contributed by atoms with Crippen molar-refractivity contribution >= 4 is 11.8 Å². The molecule has 1 amide bonds. The van der Waals surface area contributed by atoms with Gasteiger partial charge in [-0.2, -0.15) is 0 Å². The third kappa shape index (κ3) is 4.85. The van der Waals surface area contributed by atoms with E-state index in [1.165, 1.54) is 5.56 Å². The Morgan fingerprint density at radius 2 is 1.69 bits per heavy atom. The van der Waals surface area contributed by atoms with Crippen molar-refractivity contribution in [3.63, 3.8) is 0 Å². The highest BCUT2D eigenvalue weighted by Gasteiger charge is 2.24. The number of rotatable bonds is 4. The van der Waals surface area contributed by atoms with Crippen molar-refractivity contribution in [3.8, 4) is 11.1 Å². The quantitative estimate of drug-likeness (QED) is 0.889. The van der Waals surface area contributed by atoms with E-state index in [9.17, 15) is 4.79 Å². The lowest BCUT2D eigenvalue weighted by atomic mass is 10.0. The van der Waals surface area contributed by atoms with Crippen LogP contribution in [0.5, 0.6) is 0 Å². The van der Waals surface area contributed by atoms with E-state index in [4.69, 9.17) is 9.57 Å². The molecular formula is C21H24N2O3. The predicted molar refractivity (Wildman–Crippen MR) is 102 cm³/mol. The van der Waals surface area contributed by atoms with Crippen LogP contribution in [0, 0.1) is 0 Å². The summed E-state index contributed by atoms with van der Waals surface area (Å²) in [5, 5.41) is 6.89. The lowest BCUT2D eigenvalue weighted by molar-refractivity contribution is 0.0439. The Morgan fingerprint density at radius 1 is 1.08 bits per heavy atom. The first-order chi connectivity index (χ1) is 12.4. The highest BCUT2D eigenvalue weighted by atomic mass is 16.6. The summed E-state index contributed by atoms with van der Waals surface area (Å²) >= 11 is 0. The first-order valence-corrected chi connectivity index (χ1v) is 8.76. The van der Waals surface area contributed by atoms with Crippen LogP contribution in [-0.2, 0) is 9.57 Å². The van der Waals surface area contributed by atoms with Crippen molar-refractivity contribution in [3.05, 3.63) is 60.2 Å². The van der Waals surface area contributed by atoms with Crippen LogP contribution in [0.15, 0.2) is 59.8 Å². The molecule has 1 aliphatic rings. The van der Waals surface area contributed by atoms with Crippen LogP contribution in [-0.4, -0.2) is 30.1 Å². The van der Waals surface area contributed by atoms with Gasteiger partial charge in [0.05, 0.1) is 12.3 Å². The molecule has 1 aliphatic heterocycles. The fourth-order valence-corrected chi connectivity index (χ4v) is 2.71. The maximum absolute atomic E-state index is 11.7. The number of hydrogen-bond donors (Lipinski definition) is 1. The van der Waals surface area contributed by atoms with Crippen LogP contribution in [0.25, 0.3) is 11.1 Å². The van der Waals surface area contributed by atoms with Gasteiger partial charge in [-0.05, 0) is 37.5 Å². The fourth-order valence-electron chi connectivity index (χ4n) is 2.71. The summed E-state index contributed by atoms with van der Waals surface area (Å²) in [5.74, 6) is 0. The zero-order valence-electron chi connectivity index (χ0n) is 15.4. The molecular weight excluding hydrogens is 328 g/mol. The van der Waals surface area contributed by atoms with Gasteiger partial charge >= 0.3 is 6.09 Å². The molecule has 2 aromatic rings. The average molecular weight is 352 g/mol. The number of hydrogen-bond acceptors (Lipinski definition) is 4. The summed E-state index contributed by atoms with van der Waals surface area (Å²) in [7, 11) is 0. The van der Waals surface area contributed by atoms with Crippen molar-refractivity contribution in [1.82, 2.24) is 5.32 Å². The lowest BCUT2D eigenvalue weighted by Crippen LogP contribution is -2.37. The standard InChI is InChI=1S/C21H24N2O3/c1-21(2,3)25-20(24)22-14-18-13-19(23-26-18)17-11-9-16(10-12-17)15-7-5-4-6-8-15/h4-12,18H,13-14H2,1-3H3,(H,22,24)/t18-/m0/s1. The molecule has 1 heterocycles. The van der Waals surface area contributed by atoms with Crippen molar-refractivity contribution < 1.29 is 14.4 Å². The summed E-state index contributed by atoms with van der Waals surface area (Å²) in [4.78, 5) is 17.1. The Kier molecular flexibility index (Phi) is 5.26. The normalized spacial score (nSPS) is 16.6. The van der Waals surface area contributed by atoms with Crippen molar-refractivity contribution in [1.29, 1.82) is 0 Å². The van der Waals surface area contributed by atoms with Crippen LogP contribution in [0.3, 0.4) is 0 Å². The van der Waals surface area contributed by atoms with E-state index in [2.05, 4.69) is 34.7 Å². The molecule has 0 fully saturated rings. The Labute approximate surface area is 154 Å². The molecule has 0 saturated carbocycles. The smallest absolute Gasteiger partial charge is 0.407 e. The summed E-state index contributed by atoms with van der Waals surface area (Å²) < 4.78 is 5.22. The van der Waals surface area contributed by atoms with Crippen molar-refractivity contribution in [2.45, 2.75) is 38.9 Å². The van der Waals surface area contributed by atoms with Gasteiger partial charge in [-0.1, -0.05) is 59.8 Å². The van der Waals surface area contributed by atoms with Gasteiger partial charge in [0, 0.05) is 6.42 Å². The molecule has 0 bridgehead atoms. The third-order valence-electron chi connectivity index (χ3n) is 3.93. The second-order valence-electron chi connectivity index (χ2n) is 7.30. The number of nitrogens with zero attached hydrogens (tertiary/aromatic N) is 1. The number of ether oxygens (including phenoxy) is 1. The maximum atomic E-state index is 11.7. The topological polar surface area (TPSA) is 59.9 Å². The highest BCUT2D eigenvalue weighted by Crippen LogP contribution is 2.22. The molecule has 1 atom stereocenters. The molecule has 3 rings (SSSR count). The third-order valence-corrected chi connectivity index (χ3v) is 3.93. The molecule has 0 unspecified atom stereocenters. The van der Waals surface area contributed by atoms with E-state index in [-0.39, 0.29) is 6.10 Å². The monoisotopic (exact) mass is 352 g/mol. The Bertz CT molecular complexity index is 777. The van der Waals surface area contributed by atoms with E-state index < -0.39 is 11.7 Å². The number of benzene rings is 2. The molecule has 5 heteroatoms. The second kappa shape index (κ2) is 7.60. The number of carbonyl (C=O) groups is 1. The van der Waals surface area contributed by atoms with Crippen LogP contribution in [0.2, 0.25) is 0 Å². The minimum atomic E-state index is -0.511. The van der Waals surface area contributed by atoms with Gasteiger partial charge < -0.3 is 14.9 Å². The van der Waals surface area contributed by atoms with Crippen LogP contribution in [0.1, 0.15) is 32.8 Å². The maximum Gasteiger partial charge on any atom is 0.407 e. The minimum Gasteiger partial charge on any atom is -0.444 e. The first-order valence-electron chi connectivity index (χ1n) is 8.76. The van der Waals surface area contributed by atoms with Gasteiger partial charge in [-0.3, -0.25) is 0 Å². The molecule has 5 nitrogen and oxygen atoms in total. The van der Waals surface area contributed by atoms with E-state index in [1.54, 1.807) is 0 Å². The lowest BCUT2D eigenvalue weighted by Gasteiger charge is -2.20. The molecule has 2 aromatic carbocycles. The van der Waals surface area contributed by atoms with Crippen LogP contribution < -0.4 is 5.32 Å². The number of carbonyl (C=O) groups excluding carboxylic acids is 1. The summed E-state index contributed by atoms with van der Waals surface area (Å²) in [6.45, 7) is 5.86. The average Bonchev–Trinajstić information content (AvgIpc) is 3.08. The van der Waals surface area contributed by atoms with Gasteiger partial charge in [0.25, 0.3) is 0 Å². The van der Waals surface area contributed by atoms with Crippen molar-refractivity contribution in [2.75, 3.05) is 6.54 Å². The highest BCUT2D eigenvalue weighted by molar-refractivity contribution is 6.01. The van der Waals surface area contributed by atoms with E-state index in [1.807, 2.05) is 51.1 Å². The Hall–Kier alpha value is -2.82. The fraction of sp³-hybridized carbons (Fsp3) is 0.333. The Morgan fingerprint density at radius 3 is 2.35 bits per heavy atom. The SMILES string of the molecule is CC(C)(C)OC(=O)NC[C@@H]1CC(c2ccc(-c3ccccc3)cc2)=NO1. The molecule has 0 aliphatic carbocycles. The number of alkyl carbamates (subject to hydrolysis) is 1. The second-order valence-corrected chi connectivity index (χ2v) is 7.30. The van der Waals surface area contributed by atoms with E-state index in [0.29, 0.717) is 13.0 Å². The molecule has 136 valence electrons.